The summed E-state index contributed by atoms with van der Waals surface area (Å²) in [4.78, 5) is 33.1. The van der Waals surface area contributed by atoms with Gasteiger partial charge < -0.3 is 5.32 Å². The number of amides is 1. The molecular formula is C24H21N5O2S2. The first-order valence-electron chi connectivity index (χ1n) is 10.3. The summed E-state index contributed by atoms with van der Waals surface area (Å²) in [5, 5.41) is 9.17. The lowest BCUT2D eigenvalue weighted by atomic mass is 10.0. The van der Waals surface area contributed by atoms with E-state index in [0.717, 1.165) is 16.1 Å². The van der Waals surface area contributed by atoms with Crippen LogP contribution in [0.3, 0.4) is 0 Å². The van der Waals surface area contributed by atoms with Crippen LogP contribution in [0.5, 0.6) is 0 Å². The van der Waals surface area contributed by atoms with Crippen LogP contribution in [0.25, 0.3) is 6.08 Å². The third-order valence-corrected chi connectivity index (χ3v) is 7.58. The SMILES string of the molecule is CC1=C(C(=O)Nc2ccccc2)[C@H](c2cccs2)n2c(s/c(=C/c3cnn(C)c3C)c2=O)=N1. The van der Waals surface area contributed by atoms with Crippen molar-refractivity contribution in [2.75, 3.05) is 5.32 Å². The van der Waals surface area contributed by atoms with Gasteiger partial charge in [0, 0.05) is 28.9 Å². The van der Waals surface area contributed by atoms with Gasteiger partial charge in [0.15, 0.2) is 4.80 Å². The Labute approximate surface area is 197 Å². The van der Waals surface area contributed by atoms with Gasteiger partial charge in [-0.15, -0.1) is 11.3 Å². The highest BCUT2D eigenvalue weighted by Gasteiger charge is 2.33. The van der Waals surface area contributed by atoms with Crippen LogP contribution in [-0.2, 0) is 11.8 Å². The molecule has 0 aliphatic carbocycles. The van der Waals surface area contributed by atoms with Crippen molar-refractivity contribution < 1.29 is 4.79 Å². The summed E-state index contributed by atoms with van der Waals surface area (Å²) in [6.07, 6.45) is 3.59. The van der Waals surface area contributed by atoms with Gasteiger partial charge in [-0.05, 0) is 43.5 Å². The molecule has 3 aromatic heterocycles. The van der Waals surface area contributed by atoms with Crippen molar-refractivity contribution in [3.8, 4) is 0 Å². The highest BCUT2D eigenvalue weighted by Crippen LogP contribution is 2.33. The van der Waals surface area contributed by atoms with Crippen molar-refractivity contribution in [2.45, 2.75) is 19.9 Å². The highest BCUT2D eigenvalue weighted by molar-refractivity contribution is 7.10. The minimum absolute atomic E-state index is 0.169. The zero-order chi connectivity index (χ0) is 23.1. The van der Waals surface area contributed by atoms with E-state index in [1.807, 2.05) is 74.8 Å². The highest BCUT2D eigenvalue weighted by atomic mass is 32.1. The molecule has 0 radical (unpaired) electrons. The number of hydrogen-bond acceptors (Lipinski definition) is 6. The molecule has 0 bridgehead atoms. The molecule has 0 fully saturated rings. The summed E-state index contributed by atoms with van der Waals surface area (Å²) in [6, 6.07) is 12.6. The predicted octanol–water partition coefficient (Wildman–Crippen LogP) is 2.98. The van der Waals surface area contributed by atoms with E-state index in [1.165, 1.54) is 22.7 Å². The lowest BCUT2D eigenvalue weighted by Gasteiger charge is -2.24. The Morgan fingerprint density at radius 2 is 1.94 bits per heavy atom. The zero-order valence-corrected chi connectivity index (χ0v) is 19.9. The van der Waals surface area contributed by atoms with Crippen molar-refractivity contribution in [1.29, 1.82) is 0 Å². The van der Waals surface area contributed by atoms with E-state index in [-0.39, 0.29) is 11.5 Å². The number of thiophene rings is 1. The average molecular weight is 476 g/mol. The van der Waals surface area contributed by atoms with Crippen molar-refractivity contribution in [2.24, 2.45) is 12.0 Å². The summed E-state index contributed by atoms with van der Waals surface area (Å²) in [6.45, 7) is 3.78. The molecule has 1 aliphatic rings. The lowest BCUT2D eigenvalue weighted by molar-refractivity contribution is -0.113. The quantitative estimate of drug-likeness (QED) is 0.493. The first-order valence-corrected chi connectivity index (χ1v) is 12.0. The molecule has 0 spiro atoms. The number of aromatic nitrogens is 3. The number of nitrogens with zero attached hydrogens (tertiary/aromatic N) is 4. The van der Waals surface area contributed by atoms with Crippen molar-refractivity contribution in [3.05, 3.63) is 101 Å². The molecule has 1 aromatic carbocycles. The molecule has 5 rings (SSSR count). The topological polar surface area (TPSA) is 81.3 Å². The molecule has 9 heteroatoms. The number of thiazole rings is 1. The van der Waals surface area contributed by atoms with E-state index in [1.54, 1.807) is 15.4 Å². The summed E-state index contributed by atoms with van der Waals surface area (Å²) in [5.41, 5.74) is 3.45. The number of allylic oxidation sites excluding steroid dienone is 1. The third kappa shape index (κ3) is 3.79. The van der Waals surface area contributed by atoms with Gasteiger partial charge in [0.2, 0.25) is 0 Å². The lowest BCUT2D eigenvalue weighted by Crippen LogP contribution is -2.40. The minimum Gasteiger partial charge on any atom is -0.322 e. The molecule has 33 heavy (non-hydrogen) atoms. The molecule has 1 aliphatic heterocycles. The maximum Gasteiger partial charge on any atom is 0.271 e. The first kappa shape index (κ1) is 21.3. The zero-order valence-electron chi connectivity index (χ0n) is 18.3. The summed E-state index contributed by atoms with van der Waals surface area (Å²) < 4.78 is 3.97. The Bertz CT molecular complexity index is 1560. The Kier molecular flexibility index (Phi) is 5.43. The molecule has 0 unspecified atom stereocenters. The maximum absolute atomic E-state index is 13.6. The summed E-state index contributed by atoms with van der Waals surface area (Å²) >= 11 is 2.84. The van der Waals surface area contributed by atoms with Gasteiger partial charge in [0.25, 0.3) is 11.5 Å². The molecule has 1 atom stereocenters. The van der Waals surface area contributed by atoms with Crippen LogP contribution in [0.1, 0.15) is 29.1 Å². The van der Waals surface area contributed by atoms with Crippen molar-refractivity contribution >= 4 is 40.3 Å². The second-order valence-electron chi connectivity index (χ2n) is 7.73. The van der Waals surface area contributed by atoms with Gasteiger partial charge in [-0.3, -0.25) is 18.8 Å². The normalized spacial score (nSPS) is 16.0. The van der Waals surface area contributed by atoms with Crippen LogP contribution in [0.15, 0.2) is 75.1 Å². The third-order valence-electron chi connectivity index (χ3n) is 5.67. The van der Waals surface area contributed by atoms with Gasteiger partial charge in [-0.2, -0.15) is 5.10 Å². The summed E-state index contributed by atoms with van der Waals surface area (Å²) in [5.74, 6) is -0.266. The van der Waals surface area contributed by atoms with Crippen molar-refractivity contribution in [1.82, 2.24) is 14.3 Å². The Balaban J connectivity index is 1.66. The molecule has 0 saturated carbocycles. The average Bonchev–Trinajstić information content (AvgIpc) is 3.51. The Morgan fingerprint density at radius 3 is 2.61 bits per heavy atom. The van der Waals surface area contributed by atoms with E-state index in [2.05, 4.69) is 15.4 Å². The molecular weight excluding hydrogens is 454 g/mol. The fourth-order valence-electron chi connectivity index (χ4n) is 3.85. The number of rotatable bonds is 4. The minimum atomic E-state index is -0.540. The standard InChI is InChI=1S/C24H21N5O2S2/c1-14-20(22(30)27-17-8-5-4-6-9-17)21(18-10-7-11-32-18)29-23(31)19(33-24(29)26-14)12-16-13-25-28(3)15(16)2/h4-13,21H,1-3H3,(H,27,30)/b19-12+/t21-/m0/s1. The van der Waals surface area contributed by atoms with Crippen LogP contribution in [-0.4, -0.2) is 20.3 Å². The fraction of sp³-hybridized carbons (Fsp3) is 0.167. The van der Waals surface area contributed by atoms with Crippen LogP contribution in [0.2, 0.25) is 0 Å². The molecule has 1 N–H and O–H groups in total. The Morgan fingerprint density at radius 1 is 1.15 bits per heavy atom. The summed E-state index contributed by atoms with van der Waals surface area (Å²) in [7, 11) is 1.87. The fourth-order valence-corrected chi connectivity index (χ4v) is 5.71. The van der Waals surface area contributed by atoms with Crippen LogP contribution in [0, 0.1) is 6.92 Å². The maximum atomic E-state index is 13.6. The van der Waals surface area contributed by atoms with Gasteiger partial charge >= 0.3 is 0 Å². The van der Waals surface area contributed by atoms with Gasteiger partial charge in [0.1, 0.15) is 6.04 Å². The number of carbonyl (C=O) groups is 1. The van der Waals surface area contributed by atoms with Gasteiger partial charge in [-0.25, -0.2) is 4.99 Å². The van der Waals surface area contributed by atoms with Crippen LogP contribution >= 0.6 is 22.7 Å². The number of hydrogen-bond donors (Lipinski definition) is 1. The largest absolute Gasteiger partial charge is 0.322 e. The molecule has 1 amide bonds. The number of aryl methyl sites for hydroxylation is 1. The van der Waals surface area contributed by atoms with E-state index >= 15 is 0 Å². The molecule has 7 nitrogen and oxygen atoms in total. The molecule has 166 valence electrons. The predicted molar refractivity (Wildman–Crippen MR) is 131 cm³/mol. The second kappa shape index (κ2) is 8.42. The second-order valence-corrected chi connectivity index (χ2v) is 9.71. The first-order chi connectivity index (χ1) is 15.9. The van der Waals surface area contributed by atoms with Crippen molar-refractivity contribution in [3.63, 3.8) is 0 Å². The number of para-hydroxylation sites is 1. The van der Waals surface area contributed by atoms with E-state index in [9.17, 15) is 9.59 Å². The Hall–Kier alpha value is -3.56. The molecule has 4 aromatic rings. The molecule has 4 heterocycles. The number of anilines is 1. The molecule has 0 saturated heterocycles. The van der Waals surface area contributed by atoms with E-state index < -0.39 is 6.04 Å². The van der Waals surface area contributed by atoms with Crippen LogP contribution < -0.4 is 20.2 Å². The van der Waals surface area contributed by atoms with Crippen LogP contribution in [0.4, 0.5) is 5.69 Å². The smallest absolute Gasteiger partial charge is 0.271 e. The van der Waals surface area contributed by atoms with Gasteiger partial charge in [-0.1, -0.05) is 35.6 Å². The number of fused-ring (bicyclic) bond motifs is 1. The van der Waals surface area contributed by atoms with E-state index in [4.69, 9.17) is 0 Å². The monoisotopic (exact) mass is 475 g/mol. The number of nitrogens with one attached hydrogen (secondary N) is 1. The van der Waals surface area contributed by atoms with E-state index in [0.29, 0.717) is 26.3 Å². The van der Waals surface area contributed by atoms with Gasteiger partial charge in [0.05, 0.1) is 22.0 Å². The number of carbonyl (C=O) groups excluding carboxylic acids is 1. The number of benzene rings is 1.